The molecule has 3 aromatic heterocycles. The Balaban J connectivity index is 1.43. The fourth-order valence-electron chi connectivity index (χ4n) is 2.86. The zero-order valence-electron chi connectivity index (χ0n) is 14.4. The van der Waals surface area contributed by atoms with Gasteiger partial charge in [0.05, 0.1) is 6.20 Å². The van der Waals surface area contributed by atoms with Crippen molar-refractivity contribution < 1.29 is 18.8 Å². The van der Waals surface area contributed by atoms with Gasteiger partial charge in [-0.15, -0.1) is 0 Å². The minimum atomic E-state index is -0.590. The highest BCUT2D eigenvalue weighted by molar-refractivity contribution is 7.20. The third-order valence-electron chi connectivity index (χ3n) is 4.17. The lowest BCUT2D eigenvalue weighted by Crippen LogP contribution is -2.06. The van der Waals surface area contributed by atoms with Crippen LogP contribution >= 0.6 is 11.3 Å². The smallest absolute Gasteiger partial charge is 0.382 e. The SMILES string of the molecule is O=C(Oc1ccc2cc(Oc3cccc4ccncc34)sc2c1)c1ccno1. The second kappa shape index (κ2) is 6.79. The van der Waals surface area contributed by atoms with E-state index in [4.69, 9.17) is 14.0 Å². The van der Waals surface area contributed by atoms with Gasteiger partial charge >= 0.3 is 5.97 Å². The molecule has 0 saturated heterocycles. The first-order valence-corrected chi connectivity index (χ1v) is 9.25. The first kappa shape index (κ1) is 16.5. The lowest BCUT2D eigenvalue weighted by molar-refractivity contribution is 0.0691. The van der Waals surface area contributed by atoms with Gasteiger partial charge in [0.2, 0.25) is 5.76 Å². The van der Waals surface area contributed by atoms with E-state index in [1.54, 1.807) is 24.5 Å². The van der Waals surface area contributed by atoms with E-state index in [1.807, 2.05) is 36.4 Å². The first-order valence-electron chi connectivity index (χ1n) is 8.43. The van der Waals surface area contributed by atoms with E-state index in [0.717, 1.165) is 31.7 Å². The van der Waals surface area contributed by atoms with Crippen molar-refractivity contribution in [2.24, 2.45) is 0 Å². The molecule has 0 radical (unpaired) electrons. The molecule has 5 rings (SSSR count). The van der Waals surface area contributed by atoms with Crippen molar-refractivity contribution in [2.75, 3.05) is 0 Å². The van der Waals surface area contributed by atoms with Crippen molar-refractivity contribution >= 4 is 38.2 Å². The van der Waals surface area contributed by atoms with E-state index in [0.29, 0.717) is 5.75 Å². The van der Waals surface area contributed by atoms with E-state index >= 15 is 0 Å². The Morgan fingerprint density at radius 2 is 1.96 bits per heavy atom. The summed E-state index contributed by atoms with van der Waals surface area (Å²) >= 11 is 1.47. The Hall–Kier alpha value is -3.71. The molecule has 0 atom stereocenters. The highest BCUT2D eigenvalue weighted by Gasteiger charge is 2.14. The maximum Gasteiger partial charge on any atom is 0.382 e. The predicted octanol–water partition coefficient (Wildman–Crippen LogP) is 5.45. The number of benzene rings is 2. The van der Waals surface area contributed by atoms with Crippen molar-refractivity contribution in [1.82, 2.24) is 10.1 Å². The van der Waals surface area contributed by atoms with E-state index in [2.05, 4.69) is 10.1 Å². The van der Waals surface area contributed by atoms with Crippen LogP contribution in [0.15, 0.2) is 77.7 Å². The molecule has 0 spiro atoms. The lowest BCUT2D eigenvalue weighted by atomic mass is 10.1. The molecule has 6 nitrogen and oxygen atoms in total. The van der Waals surface area contributed by atoms with Gasteiger partial charge in [0.25, 0.3) is 0 Å². The quantitative estimate of drug-likeness (QED) is 0.301. The summed E-state index contributed by atoms with van der Waals surface area (Å²) in [5, 5.41) is 7.26. The van der Waals surface area contributed by atoms with Crippen LogP contribution in [0.2, 0.25) is 0 Å². The molecule has 0 N–H and O–H groups in total. The predicted molar refractivity (Wildman–Crippen MR) is 105 cm³/mol. The average molecular weight is 388 g/mol. The second-order valence-corrected chi connectivity index (χ2v) is 7.03. The molecule has 0 amide bonds. The molecular formula is C21H12N2O4S. The third-order valence-corrected chi connectivity index (χ3v) is 5.15. The molecule has 0 saturated carbocycles. The van der Waals surface area contributed by atoms with E-state index in [9.17, 15) is 4.79 Å². The maximum atomic E-state index is 12.0. The number of thiophene rings is 1. The van der Waals surface area contributed by atoms with Gasteiger partial charge in [0, 0.05) is 34.6 Å². The summed E-state index contributed by atoms with van der Waals surface area (Å²) in [4.78, 5) is 16.2. The molecule has 0 aliphatic heterocycles. The Morgan fingerprint density at radius 3 is 2.86 bits per heavy atom. The van der Waals surface area contributed by atoms with E-state index < -0.39 is 5.97 Å². The molecule has 7 heteroatoms. The second-order valence-electron chi connectivity index (χ2n) is 5.99. The monoisotopic (exact) mass is 388 g/mol. The number of fused-ring (bicyclic) bond motifs is 2. The van der Waals surface area contributed by atoms with Crippen molar-refractivity contribution in [3.8, 4) is 16.6 Å². The number of esters is 1. The van der Waals surface area contributed by atoms with Gasteiger partial charge in [-0.1, -0.05) is 28.6 Å². The zero-order valence-corrected chi connectivity index (χ0v) is 15.2. The number of rotatable bonds is 4. The van der Waals surface area contributed by atoms with Crippen LogP contribution < -0.4 is 9.47 Å². The zero-order chi connectivity index (χ0) is 18.9. The number of hydrogen-bond donors (Lipinski definition) is 0. The van der Waals surface area contributed by atoms with Crippen LogP contribution in [0.1, 0.15) is 10.6 Å². The summed E-state index contributed by atoms with van der Waals surface area (Å²) in [6, 6.07) is 16.7. The minimum Gasteiger partial charge on any atom is -0.446 e. The number of carbonyl (C=O) groups excluding carboxylic acids is 1. The van der Waals surface area contributed by atoms with Crippen LogP contribution in [0.3, 0.4) is 0 Å². The Labute approximate surface area is 162 Å². The average Bonchev–Trinajstić information content (AvgIpc) is 3.38. The number of ether oxygens (including phenoxy) is 2. The van der Waals surface area contributed by atoms with Gasteiger partial charge < -0.3 is 14.0 Å². The van der Waals surface area contributed by atoms with E-state index in [-0.39, 0.29) is 5.76 Å². The Bertz CT molecular complexity index is 1290. The summed E-state index contributed by atoms with van der Waals surface area (Å²) in [5.74, 6) is 0.638. The molecule has 0 aliphatic rings. The fourth-order valence-corrected chi connectivity index (χ4v) is 3.82. The Morgan fingerprint density at radius 1 is 1.00 bits per heavy atom. The van der Waals surface area contributed by atoms with E-state index in [1.165, 1.54) is 23.6 Å². The van der Waals surface area contributed by atoms with Gasteiger partial charge in [0.1, 0.15) is 11.5 Å². The lowest BCUT2D eigenvalue weighted by Gasteiger charge is -2.06. The standard InChI is InChI=1S/C21H12N2O4S/c24-21(18-7-9-23-27-18)25-15-5-4-14-10-20(28-19(14)11-15)26-17-3-1-2-13-6-8-22-12-16(13)17/h1-12H. The van der Waals surface area contributed by atoms with Crippen LogP contribution in [-0.2, 0) is 0 Å². The van der Waals surface area contributed by atoms with Crippen molar-refractivity contribution in [2.45, 2.75) is 0 Å². The number of hydrogen-bond acceptors (Lipinski definition) is 7. The largest absolute Gasteiger partial charge is 0.446 e. The number of aromatic nitrogens is 2. The fraction of sp³-hybridized carbons (Fsp3) is 0. The molecule has 3 heterocycles. The molecule has 5 aromatic rings. The molecule has 28 heavy (non-hydrogen) atoms. The summed E-state index contributed by atoms with van der Waals surface area (Å²) < 4.78 is 17.2. The number of pyridine rings is 1. The summed E-state index contributed by atoms with van der Waals surface area (Å²) in [6.45, 7) is 0. The maximum absolute atomic E-state index is 12.0. The van der Waals surface area contributed by atoms with Gasteiger partial charge in [-0.25, -0.2) is 4.79 Å². The summed E-state index contributed by atoms with van der Waals surface area (Å²) in [7, 11) is 0. The third kappa shape index (κ3) is 3.08. The highest BCUT2D eigenvalue weighted by atomic mass is 32.1. The normalized spacial score (nSPS) is 11.0. The number of nitrogens with zero attached hydrogens (tertiary/aromatic N) is 2. The summed E-state index contributed by atoms with van der Waals surface area (Å²) in [6.07, 6.45) is 4.94. The highest BCUT2D eigenvalue weighted by Crippen LogP contribution is 2.38. The number of carbonyl (C=O) groups is 1. The van der Waals surface area contributed by atoms with Crippen molar-refractivity contribution in [3.05, 3.63) is 78.9 Å². The van der Waals surface area contributed by atoms with Gasteiger partial charge in [-0.3, -0.25) is 4.98 Å². The molecule has 2 aromatic carbocycles. The van der Waals surface area contributed by atoms with Gasteiger partial charge in [0.15, 0.2) is 5.06 Å². The molecule has 0 bridgehead atoms. The molecule has 0 aliphatic carbocycles. The van der Waals surface area contributed by atoms with Gasteiger partial charge in [-0.2, -0.15) is 0 Å². The van der Waals surface area contributed by atoms with Crippen molar-refractivity contribution in [3.63, 3.8) is 0 Å². The Kier molecular flexibility index (Phi) is 3.99. The van der Waals surface area contributed by atoms with Gasteiger partial charge in [-0.05, 0) is 41.1 Å². The topological polar surface area (TPSA) is 74.5 Å². The molecule has 0 unspecified atom stereocenters. The molecule has 136 valence electrons. The van der Waals surface area contributed by atoms with Crippen LogP contribution in [-0.4, -0.2) is 16.1 Å². The van der Waals surface area contributed by atoms with Crippen LogP contribution in [0.4, 0.5) is 0 Å². The molecular weight excluding hydrogens is 376 g/mol. The van der Waals surface area contributed by atoms with Crippen LogP contribution in [0, 0.1) is 0 Å². The first-order chi connectivity index (χ1) is 13.8. The van der Waals surface area contributed by atoms with Crippen LogP contribution in [0.5, 0.6) is 16.6 Å². The summed E-state index contributed by atoms with van der Waals surface area (Å²) in [5.41, 5.74) is 0. The van der Waals surface area contributed by atoms with Crippen LogP contribution in [0.25, 0.3) is 20.9 Å². The minimum absolute atomic E-state index is 0.0554. The van der Waals surface area contributed by atoms with Crippen molar-refractivity contribution in [1.29, 1.82) is 0 Å². The molecule has 0 fully saturated rings.